The third-order valence-corrected chi connectivity index (χ3v) is 7.41. The molecule has 1 unspecified atom stereocenters. The van der Waals surface area contributed by atoms with E-state index in [1.165, 1.54) is 0 Å². The number of methoxy groups -OCH3 is 1. The third kappa shape index (κ3) is 7.61. The van der Waals surface area contributed by atoms with Gasteiger partial charge in [-0.15, -0.1) is 0 Å². The molecule has 1 aliphatic heterocycles. The molecular formula is C33H46N2O6. The highest BCUT2D eigenvalue weighted by atomic mass is 16.5. The maximum atomic E-state index is 13.5. The van der Waals surface area contributed by atoms with Crippen LogP contribution >= 0.6 is 0 Å². The number of likely N-dealkylation sites (tertiary alicyclic amines) is 1. The van der Waals surface area contributed by atoms with Crippen molar-refractivity contribution in [2.24, 2.45) is 0 Å². The van der Waals surface area contributed by atoms with Crippen molar-refractivity contribution in [1.82, 2.24) is 9.80 Å². The molecule has 1 fully saturated rings. The number of carbonyl (C=O) groups excluding carboxylic acids is 2. The van der Waals surface area contributed by atoms with Crippen LogP contribution in [0, 0.1) is 6.92 Å². The Kier molecular flexibility index (Phi) is 11.6. The predicted molar refractivity (Wildman–Crippen MR) is 162 cm³/mol. The first-order valence-electron chi connectivity index (χ1n) is 14.8. The number of hydrogen-bond acceptors (Lipinski definition) is 7. The van der Waals surface area contributed by atoms with Crippen LogP contribution in [-0.2, 0) is 9.59 Å². The lowest BCUT2D eigenvalue weighted by atomic mass is 9.94. The van der Waals surface area contributed by atoms with E-state index in [1.54, 1.807) is 36.3 Å². The lowest BCUT2D eigenvalue weighted by molar-refractivity contribution is -0.140. The molecule has 3 rings (SSSR count). The standard InChI is InChI=1S/C33H46N2O6/c1-8-11-12-19-40-27-16-13-24(21-28(27)39-7)30-29(32(37)33(38)35(30)18-17-34(9-2)10-3)31(36)25-14-15-26(23(6)20-25)41-22(4)5/h13-16,20-22,30,36H,8-12,17-19H2,1-7H3. The average Bonchev–Trinajstić information content (AvgIpc) is 3.21. The summed E-state index contributed by atoms with van der Waals surface area (Å²) in [4.78, 5) is 30.7. The first-order valence-corrected chi connectivity index (χ1v) is 14.8. The molecule has 1 N–H and O–H groups in total. The summed E-state index contributed by atoms with van der Waals surface area (Å²) in [5, 5.41) is 11.5. The Morgan fingerprint density at radius 2 is 1.71 bits per heavy atom. The van der Waals surface area contributed by atoms with E-state index in [0.717, 1.165) is 37.9 Å². The molecular weight excluding hydrogens is 520 g/mol. The first kappa shape index (κ1) is 32.0. The maximum absolute atomic E-state index is 13.5. The Bertz CT molecular complexity index is 1230. The summed E-state index contributed by atoms with van der Waals surface area (Å²) in [6.45, 7) is 15.2. The first-order chi connectivity index (χ1) is 19.7. The van der Waals surface area contributed by atoms with Crippen molar-refractivity contribution in [1.29, 1.82) is 0 Å². The van der Waals surface area contributed by atoms with Gasteiger partial charge in [-0.3, -0.25) is 9.59 Å². The Labute approximate surface area is 244 Å². The van der Waals surface area contributed by atoms with Gasteiger partial charge in [0.15, 0.2) is 11.5 Å². The smallest absolute Gasteiger partial charge is 0.295 e. The fourth-order valence-corrected chi connectivity index (χ4v) is 5.09. The zero-order valence-electron chi connectivity index (χ0n) is 25.7. The molecule has 0 bridgehead atoms. The SMILES string of the molecule is CCCCCOc1ccc(C2C(=C(O)c3ccc(OC(C)C)c(C)c3)C(=O)C(=O)N2CCN(CC)CC)cc1OC. The highest BCUT2D eigenvalue weighted by Gasteiger charge is 2.46. The molecule has 0 radical (unpaired) electrons. The summed E-state index contributed by atoms with van der Waals surface area (Å²) in [7, 11) is 1.57. The number of aliphatic hydroxyl groups is 1. The van der Waals surface area contributed by atoms with E-state index >= 15 is 0 Å². The summed E-state index contributed by atoms with van der Waals surface area (Å²) in [6, 6.07) is 9.96. The van der Waals surface area contributed by atoms with Crippen LogP contribution < -0.4 is 14.2 Å². The van der Waals surface area contributed by atoms with E-state index < -0.39 is 17.7 Å². The van der Waals surface area contributed by atoms with Crippen molar-refractivity contribution < 1.29 is 28.9 Å². The van der Waals surface area contributed by atoms with E-state index in [1.807, 2.05) is 32.9 Å². The minimum Gasteiger partial charge on any atom is -0.507 e. The molecule has 1 heterocycles. The topological polar surface area (TPSA) is 88.5 Å². The van der Waals surface area contributed by atoms with Gasteiger partial charge in [0.1, 0.15) is 11.5 Å². The van der Waals surface area contributed by atoms with Gasteiger partial charge < -0.3 is 29.1 Å². The molecule has 8 nitrogen and oxygen atoms in total. The number of aryl methyl sites for hydroxylation is 1. The Balaban J connectivity index is 2.09. The van der Waals surface area contributed by atoms with E-state index in [2.05, 4.69) is 25.7 Å². The van der Waals surface area contributed by atoms with Crippen molar-refractivity contribution >= 4 is 17.4 Å². The summed E-state index contributed by atoms with van der Waals surface area (Å²) in [5.74, 6) is 0.275. The van der Waals surface area contributed by atoms with Crippen LogP contribution in [-0.4, -0.2) is 72.6 Å². The number of hydrogen-bond donors (Lipinski definition) is 1. The number of ether oxygens (including phenoxy) is 3. The summed E-state index contributed by atoms with van der Waals surface area (Å²) < 4.78 is 17.5. The fourth-order valence-electron chi connectivity index (χ4n) is 5.09. The number of carbonyl (C=O) groups is 2. The van der Waals surface area contributed by atoms with Crippen molar-refractivity contribution in [2.45, 2.75) is 73.0 Å². The second kappa shape index (κ2) is 14.9. The highest BCUT2D eigenvalue weighted by molar-refractivity contribution is 6.46. The molecule has 224 valence electrons. The third-order valence-electron chi connectivity index (χ3n) is 7.41. The van der Waals surface area contributed by atoms with Crippen molar-refractivity contribution in [3.63, 3.8) is 0 Å². The average molecular weight is 567 g/mol. The summed E-state index contributed by atoms with van der Waals surface area (Å²) in [6.07, 6.45) is 3.11. The normalized spacial score (nSPS) is 16.6. The van der Waals surface area contributed by atoms with Crippen LogP contribution in [0.2, 0.25) is 0 Å². The van der Waals surface area contributed by atoms with Crippen LogP contribution in [0.3, 0.4) is 0 Å². The van der Waals surface area contributed by atoms with E-state index in [4.69, 9.17) is 14.2 Å². The van der Waals surface area contributed by atoms with Gasteiger partial charge in [-0.25, -0.2) is 0 Å². The molecule has 0 saturated carbocycles. The van der Waals surface area contributed by atoms with Crippen molar-refractivity contribution in [2.75, 3.05) is 39.9 Å². The summed E-state index contributed by atoms with van der Waals surface area (Å²) >= 11 is 0. The monoisotopic (exact) mass is 566 g/mol. The number of benzene rings is 2. The number of unbranched alkanes of at least 4 members (excludes halogenated alkanes) is 2. The number of amides is 1. The van der Waals surface area contributed by atoms with Gasteiger partial charge in [-0.1, -0.05) is 39.7 Å². The van der Waals surface area contributed by atoms with Gasteiger partial charge in [-0.2, -0.15) is 0 Å². The van der Waals surface area contributed by atoms with Crippen LogP contribution in [0.25, 0.3) is 5.76 Å². The van der Waals surface area contributed by atoms with Crippen LogP contribution in [0.15, 0.2) is 42.0 Å². The number of aliphatic hydroxyl groups excluding tert-OH is 1. The molecule has 2 aromatic rings. The van der Waals surface area contributed by atoms with Gasteiger partial charge >= 0.3 is 0 Å². The van der Waals surface area contributed by atoms with Gasteiger partial charge in [-0.05, 0) is 81.7 Å². The Hall–Kier alpha value is -3.52. The number of Topliss-reactive ketones (excluding diaryl/α,β-unsaturated/α-hetero) is 1. The highest BCUT2D eigenvalue weighted by Crippen LogP contribution is 2.42. The molecule has 41 heavy (non-hydrogen) atoms. The van der Waals surface area contributed by atoms with E-state index in [-0.39, 0.29) is 17.4 Å². The Morgan fingerprint density at radius 1 is 1.00 bits per heavy atom. The van der Waals surface area contributed by atoms with Crippen LogP contribution in [0.1, 0.15) is 76.6 Å². The molecule has 1 atom stereocenters. The molecule has 0 aromatic heterocycles. The molecule has 1 amide bonds. The number of nitrogens with zero attached hydrogens (tertiary/aromatic N) is 2. The summed E-state index contributed by atoms with van der Waals surface area (Å²) in [5.41, 5.74) is 2.00. The van der Waals surface area contributed by atoms with Gasteiger partial charge in [0.2, 0.25) is 0 Å². The number of rotatable bonds is 15. The Morgan fingerprint density at radius 3 is 2.32 bits per heavy atom. The zero-order chi connectivity index (χ0) is 30.1. The van der Waals surface area contributed by atoms with Gasteiger partial charge in [0.25, 0.3) is 11.7 Å². The van der Waals surface area contributed by atoms with Crippen LogP contribution in [0.4, 0.5) is 0 Å². The second-order valence-corrected chi connectivity index (χ2v) is 10.6. The fraction of sp³-hybridized carbons (Fsp3) is 0.515. The minimum absolute atomic E-state index is 0.00199. The quantitative estimate of drug-likeness (QED) is 0.120. The maximum Gasteiger partial charge on any atom is 0.295 e. The molecule has 2 aromatic carbocycles. The number of likely N-dealkylation sites (N-methyl/N-ethyl adjacent to an activating group) is 1. The second-order valence-electron chi connectivity index (χ2n) is 10.6. The van der Waals surface area contributed by atoms with E-state index in [0.29, 0.717) is 48.1 Å². The van der Waals surface area contributed by atoms with Crippen LogP contribution in [0.5, 0.6) is 17.2 Å². The van der Waals surface area contributed by atoms with Crippen molar-refractivity contribution in [3.05, 3.63) is 58.7 Å². The van der Waals surface area contributed by atoms with Gasteiger partial charge in [0, 0.05) is 18.7 Å². The molecule has 0 aliphatic carbocycles. The molecule has 1 saturated heterocycles. The molecule has 0 spiro atoms. The number of ketones is 1. The largest absolute Gasteiger partial charge is 0.507 e. The predicted octanol–water partition coefficient (Wildman–Crippen LogP) is 6.12. The molecule has 1 aliphatic rings. The lowest BCUT2D eigenvalue weighted by Gasteiger charge is -2.28. The van der Waals surface area contributed by atoms with Gasteiger partial charge in [0.05, 0.1) is 31.4 Å². The van der Waals surface area contributed by atoms with E-state index in [9.17, 15) is 14.7 Å². The minimum atomic E-state index is -0.777. The van der Waals surface area contributed by atoms with Crippen molar-refractivity contribution in [3.8, 4) is 17.2 Å². The zero-order valence-corrected chi connectivity index (χ0v) is 25.7. The lowest BCUT2D eigenvalue weighted by Crippen LogP contribution is -2.38. The molecule has 8 heteroatoms.